The zero-order valence-electron chi connectivity index (χ0n) is 4.23. The van der Waals surface area contributed by atoms with Crippen LogP contribution in [0.15, 0.2) is 0 Å². The Hall–Kier alpha value is -0.510. The molecule has 1 atom stereocenters. The summed E-state index contributed by atoms with van der Waals surface area (Å²) in [5, 5.41) is 7.90. The van der Waals surface area contributed by atoms with E-state index in [1.807, 2.05) is 6.92 Å². The molecule has 0 rings (SSSR count). The Bertz CT molecular complexity index is 64.4. The molecule has 28 valence electrons. The summed E-state index contributed by atoms with van der Waals surface area (Å²) in [6, 6.07) is 1.78. The van der Waals surface area contributed by atoms with Crippen molar-refractivity contribution in [1.82, 2.24) is 0 Å². The molecule has 0 aromatic heterocycles. The van der Waals surface area contributed by atoms with Crippen molar-refractivity contribution in [1.29, 1.82) is 5.26 Å². The van der Waals surface area contributed by atoms with Gasteiger partial charge in [0.15, 0.2) is 0 Å². The fraction of sp³-hybridized carbons (Fsp3) is 0.750. The van der Waals surface area contributed by atoms with Crippen molar-refractivity contribution in [3.63, 3.8) is 0 Å². The monoisotopic (exact) mass is 70.1 g/mol. The van der Waals surface area contributed by atoms with Gasteiger partial charge in [-0.1, -0.05) is 6.92 Å². The van der Waals surface area contributed by atoms with Gasteiger partial charge in [0, 0.05) is 7.77 Å². The molecule has 0 saturated carbocycles. The van der Waals surface area contributed by atoms with Crippen LogP contribution >= 0.6 is 0 Å². The number of rotatable bonds is 1. The van der Waals surface area contributed by atoms with Crippen molar-refractivity contribution in [2.75, 3.05) is 0 Å². The first kappa shape index (κ1) is 2.71. The maximum Gasteiger partial charge on any atom is 0.0621 e. The molecule has 0 radical (unpaired) electrons. The molecule has 0 aliphatic rings. The highest BCUT2D eigenvalue weighted by Crippen LogP contribution is 1.77. The molecule has 0 saturated heterocycles. The minimum Gasteiger partial charge on any atom is -0.198 e. The van der Waals surface area contributed by atoms with Crippen LogP contribution < -0.4 is 0 Å². The molecule has 0 fully saturated rings. The zero-order valence-corrected chi connectivity index (χ0v) is 3.23. The van der Waals surface area contributed by atoms with Crippen molar-refractivity contribution in [3.05, 3.63) is 0 Å². The van der Waals surface area contributed by atoms with Gasteiger partial charge in [0.05, 0.1) is 6.07 Å². The molecule has 1 nitrogen and oxygen atoms in total. The van der Waals surface area contributed by atoms with Gasteiger partial charge in [-0.2, -0.15) is 5.26 Å². The van der Waals surface area contributed by atoms with E-state index in [1.165, 1.54) is 0 Å². The van der Waals surface area contributed by atoms with Gasteiger partial charge < -0.3 is 0 Å². The van der Waals surface area contributed by atoms with Crippen LogP contribution in [0.4, 0.5) is 0 Å². The Labute approximate surface area is 33.6 Å². The fourth-order valence-corrected chi connectivity index (χ4v) is 0.0913. The number of nitriles is 1. The minimum absolute atomic E-state index is 0.509. The van der Waals surface area contributed by atoms with Crippen LogP contribution in [0.5, 0.6) is 0 Å². The molecule has 0 bridgehead atoms. The lowest BCUT2D eigenvalue weighted by molar-refractivity contribution is 0.969. The Kier molecular flexibility index (Phi) is 1.89. The summed E-state index contributed by atoms with van der Waals surface area (Å²) in [5.41, 5.74) is 0. The first-order valence-electron chi connectivity index (χ1n) is 2.20. The first-order chi connectivity index (χ1) is 2.81. The van der Waals surface area contributed by atoms with Crippen LogP contribution in [0.25, 0.3) is 0 Å². The number of hydrogen-bond donors (Lipinski definition) is 0. The van der Waals surface area contributed by atoms with Gasteiger partial charge in [-0.25, -0.2) is 0 Å². The van der Waals surface area contributed by atoms with Crippen molar-refractivity contribution >= 4 is 0 Å². The zero-order chi connectivity index (χ0) is 4.99. The maximum absolute atomic E-state index is 7.90. The fourth-order valence-electron chi connectivity index (χ4n) is 0.0913. The van der Waals surface area contributed by atoms with E-state index in [0.29, 0.717) is 6.42 Å². The summed E-state index contributed by atoms with van der Waals surface area (Å²) in [6.45, 7) is 1.82. The van der Waals surface area contributed by atoms with Gasteiger partial charge in [0.25, 0.3) is 0 Å². The Balaban J connectivity index is 3.04. The molecular weight excluding hydrogens is 62.1 g/mol. The smallest absolute Gasteiger partial charge is 0.0621 e. The summed E-state index contributed by atoms with van der Waals surface area (Å²) < 4.78 is 6.71. The average molecular weight is 70.1 g/mol. The molecule has 1 unspecified atom stereocenters. The second-order valence-corrected chi connectivity index (χ2v) is 0.741. The largest absolute Gasteiger partial charge is 0.198 e. The second kappa shape index (κ2) is 3.49. The Morgan fingerprint density at radius 1 is 2.20 bits per heavy atom. The summed E-state index contributed by atoms with van der Waals surface area (Å²) in [7, 11) is 0. The van der Waals surface area contributed by atoms with Gasteiger partial charge in [-0.15, -0.1) is 0 Å². The summed E-state index contributed by atoms with van der Waals surface area (Å²) in [5.74, 6) is 0. The van der Waals surface area contributed by atoms with Crippen molar-refractivity contribution < 1.29 is 1.37 Å². The summed E-state index contributed by atoms with van der Waals surface area (Å²) in [6.07, 6.45) is 0.126. The van der Waals surface area contributed by atoms with E-state index in [0.717, 1.165) is 0 Å². The van der Waals surface area contributed by atoms with Crippen LogP contribution in [0, 0.1) is 11.3 Å². The van der Waals surface area contributed by atoms with Gasteiger partial charge in [0.1, 0.15) is 0 Å². The van der Waals surface area contributed by atoms with Crippen molar-refractivity contribution in [2.24, 2.45) is 0 Å². The molecular formula is C4H7N. The molecule has 0 heterocycles. The quantitative estimate of drug-likeness (QED) is 0.456. The van der Waals surface area contributed by atoms with Gasteiger partial charge in [-0.05, 0) is 6.42 Å². The molecule has 5 heavy (non-hydrogen) atoms. The van der Waals surface area contributed by atoms with E-state index in [9.17, 15) is 0 Å². The maximum atomic E-state index is 7.90. The second-order valence-electron chi connectivity index (χ2n) is 0.741. The topological polar surface area (TPSA) is 23.8 Å². The number of hydrogen-bond acceptors (Lipinski definition) is 1. The Morgan fingerprint density at radius 2 is 2.80 bits per heavy atom. The highest BCUT2D eigenvalue weighted by atomic mass is 14.2. The molecule has 0 aromatic carbocycles. The molecule has 0 N–H and O–H groups in total. The van der Waals surface area contributed by atoms with E-state index >= 15 is 0 Å². The molecule has 0 spiro atoms. The van der Waals surface area contributed by atoms with Crippen LogP contribution in [0.2, 0.25) is 0 Å². The van der Waals surface area contributed by atoms with Gasteiger partial charge >= 0.3 is 0 Å². The molecule has 0 aliphatic heterocycles. The van der Waals surface area contributed by atoms with E-state index in [2.05, 4.69) is 0 Å². The molecule has 0 amide bonds. The molecule has 1 heteroatoms. The van der Waals surface area contributed by atoms with Crippen LogP contribution in [-0.4, -0.2) is 0 Å². The predicted octanol–water partition coefficient (Wildman–Crippen LogP) is 1.31. The van der Waals surface area contributed by atoms with Gasteiger partial charge in [0.2, 0.25) is 0 Å². The van der Waals surface area contributed by atoms with Crippen molar-refractivity contribution in [3.8, 4) is 6.07 Å². The van der Waals surface area contributed by atoms with E-state index in [4.69, 9.17) is 6.63 Å². The average Bonchev–Trinajstić information content (AvgIpc) is 1.65. The predicted molar refractivity (Wildman–Crippen MR) is 20.5 cm³/mol. The first-order valence-corrected chi connectivity index (χ1v) is 1.63. The highest BCUT2D eigenvalue weighted by molar-refractivity contribution is 4.65. The third kappa shape index (κ3) is 3.49. The third-order valence-electron chi connectivity index (χ3n) is 0.295. The third-order valence-corrected chi connectivity index (χ3v) is 0.295. The lowest BCUT2D eigenvalue weighted by atomic mass is 10.4. The van der Waals surface area contributed by atoms with Gasteiger partial charge in [-0.3, -0.25) is 0 Å². The SMILES string of the molecule is [2H]C(C#N)CC. The number of nitrogens with zero attached hydrogens (tertiary/aromatic N) is 1. The molecule has 0 aliphatic carbocycles. The van der Waals surface area contributed by atoms with Crippen LogP contribution in [0.1, 0.15) is 21.1 Å². The summed E-state index contributed by atoms with van der Waals surface area (Å²) in [4.78, 5) is 0. The lowest BCUT2D eigenvalue weighted by Crippen LogP contribution is -1.53. The molecule has 0 aromatic rings. The lowest BCUT2D eigenvalue weighted by Gasteiger charge is -1.65. The van der Waals surface area contributed by atoms with Crippen molar-refractivity contribution in [2.45, 2.75) is 19.7 Å². The van der Waals surface area contributed by atoms with E-state index in [1.54, 1.807) is 6.07 Å². The summed E-state index contributed by atoms with van der Waals surface area (Å²) >= 11 is 0. The Morgan fingerprint density at radius 3 is 2.80 bits per heavy atom. The van der Waals surface area contributed by atoms with Crippen LogP contribution in [-0.2, 0) is 0 Å². The van der Waals surface area contributed by atoms with Crippen LogP contribution in [0.3, 0.4) is 0 Å². The minimum atomic E-state index is -0.509. The van der Waals surface area contributed by atoms with E-state index < -0.39 is 6.40 Å². The van der Waals surface area contributed by atoms with E-state index in [-0.39, 0.29) is 0 Å². The normalized spacial score (nSPS) is 15.6. The standard InChI is InChI=1S/C4H7N/c1-2-3-4-5/h2-3H2,1H3/i3D. The highest BCUT2D eigenvalue weighted by Gasteiger charge is 1.65.